The molecule has 2 aromatic rings. The van der Waals surface area contributed by atoms with Crippen LogP contribution in [-0.2, 0) is 14.3 Å². The van der Waals surface area contributed by atoms with Gasteiger partial charge in [0.1, 0.15) is 0 Å². The van der Waals surface area contributed by atoms with Gasteiger partial charge in [0, 0.05) is 5.02 Å². The zero-order valence-corrected chi connectivity index (χ0v) is 20.4. The smallest absolute Gasteiger partial charge is 0.343 e. The number of ether oxygens (including phenoxy) is 3. The second kappa shape index (κ2) is 9.99. The molecule has 0 radical (unpaired) electrons. The van der Waals surface area contributed by atoms with Gasteiger partial charge in [0.2, 0.25) is 0 Å². The first-order chi connectivity index (χ1) is 14.3. The van der Waals surface area contributed by atoms with Gasteiger partial charge in [-0.1, -0.05) is 35.6 Å². The van der Waals surface area contributed by atoms with E-state index in [0.717, 1.165) is 9.13 Å². The summed E-state index contributed by atoms with van der Waals surface area (Å²) in [5.41, 5.74) is 1.39. The van der Waals surface area contributed by atoms with Crippen LogP contribution in [0.4, 0.5) is 5.69 Å². The third-order valence-electron chi connectivity index (χ3n) is 3.99. The van der Waals surface area contributed by atoms with E-state index in [1.807, 2.05) is 6.07 Å². The maximum absolute atomic E-state index is 12.9. The Morgan fingerprint density at radius 3 is 2.60 bits per heavy atom. The van der Waals surface area contributed by atoms with Crippen LogP contribution < -0.4 is 14.4 Å². The summed E-state index contributed by atoms with van der Waals surface area (Å²) in [7, 11) is 2.79. The van der Waals surface area contributed by atoms with Crippen molar-refractivity contribution >= 4 is 86.1 Å². The highest BCUT2D eigenvalue weighted by molar-refractivity contribution is 14.1. The number of hydrogen-bond donors (Lipinski definition) is 0. The zero-order chi connectivity index (χ0) is 21.8. The molecule has 0 spiro atoms. The molecule has 1 saturated heterocycles. The highest BCUT2D eigenvalue weighted by Gasteiger charge is 2.33. The Morgan fingerprint density at radius 1 is 1.27 bits per heavy atom. The number of thiocarbonyl (C=S) groups is 1. The van der Waals surface area contributed by atoms with E-state index in [0.29, 0.717) is 31.4 Å². The van der Waals surface area contributed by atoms with Gasteiger partial charge in [-0.15, -0.1) is 0 Å². The Bertz CT molecular complexity index is 1040. The van der Waals surface area contributed by atoms with E-state index >= 15 is 0 Å². The number of carbonyl (C=O) groups is 2. The Morgan fingerprint density at radius 2 is 1.97 bits per heavy atom. The third-order valence-corrected chi connectivity index (χ3v) is 6.35. The number of hydrogen-bond acceptors (Lipinski definition) is 7. The summed E-state index contributed by atoms with van der Waals surface area (Å²) in [4.78, 5) is 26.2. The van der Waals surface area contributed by atoms with E-state index in [4.69, 9.17) is 33.3 Å². The van der Waals surface area contributed by atoms with Gasteiger partial charge in [-0.05, 0) is 70.6 Å². The molecule has 156 valence electrons. The lowest BCUT2D eigenvalue weighted by molar-refractivity contribution is -0.142. The molecule has 6 nitrogen and oxygen atoms in total. The van der Waals surface area contributed by atoms with Crippen molar-refractivity contribution in [1.82, 2.24) is 0 Å². The molecule has 30 heavy (non-hydrogen) atoms. The minimum absolute atomic E-state index is 0.215. The third kappa shape index (κ3) is 5.08. The van der Waals surface area contributed by atoms with Crippen LogP contribution >= 0.6 is 58.2 Å². The molecule has 1 aliphatic rings. The van der Waals surface area contributed by atoms with Crippen LogP contribution in [0.25, 0.3) is 6.08 Å². The summed E-state index contributed by atoms with van der Waals surface area (Å²) < 4.78 is 16.7. The summed E-state index contributed by atoms with van der Waals surface area (Å²) in [6.45, 7) is -0.234. The first-order valence-corrected chi connectivity index (χ1v) is 11.1. The van der Waals surface area contributed by atoms with Gasteiger partial charge in [-0.2, -0.15) is 0 Å². The number of halogens is 2. The Labute approximate surface area is 201 Å². The SMILES string of the molecule is COC(=O)COc1c(I)cc(/C=C2/SC(=S)N(c3ccc(Cl)cc3)C2=O)cc1OC. The molecular formula is C20H15ClINO5S2. The fraction of sp³-hybridized carbons (Fsp3) is 0.150. The normalized spacial score (nSPS) is 14.9. The van der Waals surface area contributed by atoms with Gasteiger partial charge in [-0.25, -0.2) is 4.79 Å². The number of thioether (sulfide) groups is 1. The van der Waals surface area contributed by atoms with Gasteiger partial charge in [0.15, 0.2) is 22.4 Å². The van der Waals surface area contributed by atoms with Crippen molar-refractivity contribution in [2.45, 2.75) is 0 Å². The van der Waals surface area contributed by atoms with Crippen LogP contribution in [0.15, 0.2) is 41.3 Å². The van der Waals surface area contributed by atoms with Gasteiger partial charge < -0.3 is 14.2 Å². The van der Waals surface area contributed by atoms with Crippen LogP contribution in [0.5, 0.6) is 11.5 Å². The van der Waals surface area contributed by atoms with Crippen LogP contribution in [-0.4, -0.2) is 37.0 Å². The summed E-state index contributed by atoms with van der Waals surface area (Å²) in [5, 5.41) is 0.580. The minimum Gasteiger partial charge on any atom is -0.493 e. The highest BCUT2D eigenvalue weighted by atomic mass is 127. The van der Waals surface area contributed by atoms with Crippen molar-refractivity contribution in [3.05, 3.63) is 55.5 Å². The molecule has 0 unspecified atom stereocenters. The van der Waals surface area contributed by atoms with E-state index in [-0.39, 0.29) is 12.5 Å². The number of rotatable bonds is 6. The lowest BCUT2D eigenvalue weighted by Gasteiger charge is -2.14. The van der Waals surface area contributed by atoms with E-state index in [2.05, 4.69) is 27.3 Å². The Hall–Kier alpha value is -1.82. The lowest BCUT2D eigenvalue weighted by Crippen LogP contribution is -2.27. The van der Waals surface area contributed by atoms with E-state index in [1.54, 1.807) is 36.4 Å². The molecular weight excluding hydrogens is 561 g/mol. The van der Waals surface area contributed by atoms with Gasteiger partial charge in [0.05, 0.1) is 28.4 Å². The first kappa shape index (κ1) is 22.9. The monoisotopic (exact) mass is 575 g/mol. The molecule has 0 N–H and O–H groups in total. The number of methoxy groups -OCH3 is 2. The minimum atomic E-state index is -0.497. The van der Waals surface area contributed by atoms with E-state index in [1.165, 1.54) is 30.9 Å². The Balaban J connectivity index is 1.88. The molecule has 2 aromatic carbocycles. The highest BCUT2D eigenvalue weighted by Crippen LogP contribution is 2.39. The van der Waals surface area contributed by atoms with Gasteiger partial charge in [-0.3, -0.25) is 9.69 Å². The average Bonchev–Trinajstić information content (AvgIpc) is 3.00. The quantitative estimate of drug-likeness (QED) is 0.210. The molecule has 0 aliphatic carbocycles. The molecule has 1 amide bonds. The van der Waals surface area contributed by atoms with Crippen molar-refractivity contribution in [3.8, 4) is 11.5 Å². The van der Waals surface area contributed by atoms with Crippen LogP contribution in [0.3, 0.4) is 0 Å². The predicted molar refractivity (Wildman–Crippen MR) is 130 cm³/mol. The van der Waals surface area contributed by atoms with Crippen molar-refractivity contribution in [2.75, 3.05) is 25.7 Å². The lowest BCUT2D eigenvalue weighted by atomic mass is 10.1. The molecule has 0 bridgehead atoms. The van der Waals surface area contributed by atoms with E-state index in [9.17, 15) is 9.59 Å². The summed E-state index contributed by atoms with van der Waals surface area (Å²) in [6, 6.07) is 10.5. The van der Waals surface area contributed by atoms with Crippen LogP contribution in [0.2, 0.25) is 5.02 Å². The van der Waals surface area contributed by atoms with E-state index < -0.39 is 5.97 Å². The molecule has 1 fully saturated rings. The summed E-state index contributed by atoms with van der Waals surface area (Å²) in [6.07, 6.45) is 1.74. The second-order valence-electron chi connectivity index (χ2n) is 5.89. The number of anilines is 1. The molecule has 0 atom stereocenters. The first-order valence-electron chi connectivity index (χ1n) is 8.44. The standard InChI is InChI=1S/C20H15ClINO5S2/c1-26-15-8-11(7-14(22)18(15)28-10-17(24)27-2)9-16-19(25)23(20(29)30-16)13-5-3-12(21)4-6-13/h3-9H,10H2,1-2H3/b16-9+. The molecule has 3 rings (SSSR count). The average molecular weight is 576 g/mol. The molecule has 1 aliphatic heterocycles. The van der Waals surface area contributed by atoms with Crippen molar-refractivity contribution in [1.29, 1.82) is 0 Å². The zero-order valence-electron chi connectivity index (χ0n) is 15.8. The Kier molecular flexibility index (Phi) is 7.61. The van der Waals surface area contributed by atoms with Crippen LogP contribution in [0, 0.1) is 3.57 Å². The van der Waals surface area contributed by atoms with Gasteiger partial charge >= 0.3 is 5.97 Å². The number of benzene rings is 2. The topological polar surface area (TPSA) is 65.1 Å². The number of esters is 1. The maximum Gasteiger partial charge on any atom is 0.343 e. The number of carbonyl (C=O) groups excluding carboxylic acids is 2. The largest absolute Gasteiger partial charge is 0.493 e. The van der Waals surface area contributed by atoms with Crippen molar-refractivity contribution in [2.24, 2.45) is 0 Å². The van der Waals surface area contributed by atoms with Crippen LogP contribution in [0.1, 0.15) is 5.56 Å². The van der Waals surface area contributed by atoms with Gasteiger partial charge in [0.25, 0.3) is 5.91 Å². The number of amides is 1. The summed E-state index contributed by atoms with van der Waals surface area (Å²) in [5.74, 6) is 0.148. The molecule has 10 heteroatoms. The molecule has 0 aromatic heterocycles. The second-order valence-corrected chi connectivity index (χ2v) is 9.17. The fourth-order valence-electron chi connectivity index (χ4n) is 2.59. The van der Waals surface area contributed by atoms with Crippen molar-refractivity contribution < 1.29 is 23.8 Å². The number of nitrogens with zero attached hydrogens (tertiary/aromatic N) is 1. The fourth-order valence-corrected chi connectivity index (χ4v) is 4.79. The van der Waals surface area contributed by atoms with Crippen molar-refractivity contribution in [3.63, 3.8) is 0 Å². The summed E-state index contributed by atoms with van der Waals surface area (Å²) >= 11 is 14.6. The predicted octanol–water partition coefficient (Wildman–Crippen LogP) is 4.91. The maximum atomic E-state index is 12.9. The molecule has 1 heterocycles. The molecule has 0 saturated carbocycles.